The second-order valence-electron chi connectivity index (χ2n) is 9.98. The summed E-state index contributed by atoms with van der Waals surface area (Å²) in [5.41, 5.74) is -1.29. The van der Waals surface area contributed by atoms with Crippen LogP contribution in [0, 0.1) is 6.92 Å². The number of ether oxygens (including phenoxy) is 2. The summed E-state index contributed by atoms with van der Waals surface area (Å²) in [7, 11) is 1.58. The SMILES string of the molecule is CNC(=O)c1nc([C@]2(C)CSC([C@]3(C)CSC([C@]4(C)CSC(COC(=S)Oc5ccccc5)=N4)=N3)=N2)oc1C. The molecule has 3 atom stereocenters. The van der Waals surface area contributed by atoms with E-state index in [0.29, 0.717) is 28.8 Å². The Hall–Kier alpha value is -2.35. The Morgan fingerprint density at radius 3 is 2.31 bits per heavy atom. The maximum absolute atomic E-state index is 12.1. The lowest BCUT2D eigenvalue weighted by atomic mass is 10.0. The van der Waals surface area contributed by atoms with E-state index in [1.54, 1.807) is 49.3 Å². The van der Waals surface area contributed by atoms with Crippen molar-refractivity contribution in [1.82, 2.24) is 10.3 Å². The molecule has 9 nitrogen and oxygen atoms in total. The topological polar surface area (TPSA) is 111 Å². The van der Waals surface area contributed by atoms with E-state index in [4.69, 9.17) is 41.1 Å². The Balaban J connectivity index is 1.27. The third-order valence-electron chi connectivity index (χ3n) is 6.45. The van der Waals surface area contributed by atoms with E-state index in [1.165, 1.54) is 0 Å². The minimum Gasteiger partial charge on any atom is -0.450 e. The Morgan fingerprint density at radius 2 is 1.62 bits per heavy atom. The van der Waals surface area contributed by atoms with Gasteiger partial charge in [0.05, 0.1) is 10.1 Å². The molecular weight excluding hydrogens is 575 g/mol. The molecule has 2 aromatic rings. The van der Waals surface area contributed by atoms with Gasteiger partial charge in [-0.05, 0) is 39.8 Å². The van der Waals surface area contributed by atoms with Crippen LogP contribution in [0.25, 0.3) is 0 Å². The summed E-state index contributed by atoms with van der Waals surface area (Å²) in [6, 6.07) is 9.31. The minimum absolute atomic E-state index is 0.0706. The molecule has 0 radical (unpaired) electrons. The first-order chi connectivity index (χ1) is 18.5. The smallest absolute Gasteiger partial charge is 0.358 e. The average Bonchev–Trinajstić information content (AvgIpc) is 3.70. The van der Waals surface area contributed by atoms with Gasteiger partial charge in [-0.15, -0.1) is 35.3 Å². The highest BCUT2D eigenvalue weighted by molar-refractivity contribution is 8.17. The van der Waals surface area contributed by atoms with Gasteiger partial charge < -0.3 is 19.2 Å². The molecule has 0 spiro atoms. The second-order valence-corrected chi connectivity index (χ2v) is 13.3. The Kier molecular flexibility index (Phi) is 7.88. The van der Waals surface area contributed by atoms with Gasteiger partial charge in [-0.25, -0.2) is 4.98 Å². The van der Waals surface area contributed by atoms with Gasteiger partial charge in [-0.3, -0.25) is 19.8 Å². The van der Waals surface area contributed by atoms with E-state index in [-0.39, 0.29) is 17.8 Å². The summed E-state index contributed by atoms with van der Waals surface area (Å²) >= 11 is 10.3. The number of thiocarbonyl (C=S) groups is 1. The summed E-state index contributed by atoms with van der Waals surface area (Å²) in [5, 5.41) is 5.46. The molecule has 39 heavy (non-hydrogen) atoms. The quantitative estimate of drug-likeness (QED) is 0.442. The number of amides is 1. The number of carbonyl (C=O) groups excluding carboxylic acids is 1. The highest BCUT2D eigenvalue weighted by Crippen LogP contribution is 2.46. The first-order valence-corrected chi connectivity index (χ1v) is 15.7. The number of nitrogens with zero attached hydrogens (tertiary/aromatic N) is 4. The molecule has 0 saturated heterocycles. The van der Waals surface area contributed by atoms with Gasteiger partial charge in [0.2, 0.25) is 5.89 Å². The van der Waals surface area contributed by atoms with Gasteiger partial charge in [-0.1, -0.05) is 18.2 Å². The molecule has 1 aromatic heterocycles. The summed E-state index contributed by atoms with van der Waals surface area (Å²) in [6.45, 7) is 8.20. The molecular formula is C26H29N5O4S4. The summed E-state index contributed by atoms with van der Waals surface area (Å²) in [5.74, 6) is 3.51. The van der Waals surface area contributed by atoms with Gasteiger partial charge in [0.25, 0.3) is 5.91 Å². The van der Waals surface area contributed by atoms with Gasteiger partial charge in [0.1, 0.15) is 39.8 Å². The lowest BCUT2D eigenvalue weighted by molar-refractivity contribution is 0.0957. The maximum Gasteiger partial charge on any atom is 0.358 e. The van der Waals surface area contributed by atoms with Crippen molar-refractivity contribution in [1.29, 1.82) is 0 Å². The first-order valence-electron chi connectivity index (χ1n) is 12.3. The van der Waals surface area contributed by atoms with Crippen molar-refractivity contribution >= 4 is 73.8 Å². The standard InChI is InChI=1S/C26H29N5O4S4/c1-15-18(19(32)27-5)28-20(34-15)24(2)12-38-22(30-24)26(4)14-39-21(31-26)25(3)13-37-17(29-25)11-33-23(36)35-16-9-7-6-8-10-16/h6-10H,11-14H2,1-5H3,(H,27,32)/t24-,25-,26-/m0/s1. The van der Waals surface area contributed by atoms with Crippen LogP contribution in [0.5, 0.6) is 5.75 Å². The zero-order chi connectivity index (χ0) is 27.8. The van der Waals surface area contributed by atoms with E-state index >= 15 is 0 Å². The number of benzene rings is 1. The highest BCUT2D eigenvalue weighted by atomic mass is 32.2. The summed E-state index contributed by atoms with van der Waals surface area (Å²) in [4.78, 5) is 31.8. The van der Waals surface area contributed by atoms with Crippen LogP contribution in [0.2, 0.25) is 0 Å². The largest absolute Gasteiger partial charge is 0.450 e. The van der Waals surface area contributed by atoms with Crippen LogP contribution in [-0.4, -0.2) is 73.2 Å². The number of oxazole rings is 1. The molecule has 13 heteroatoms. The normalized spacial score (nSPS) is 28.1. The first kappa shape index (κ1) is 28.2. The van der Waals surface area contributed by atoms with E-state index in [0.717, 1.165) is 26.6 Å². The van der Waals surface area contributed by atoms with Crippen molar-refractivity contribution in [2.45, 2.75) is 44.3 Å². The molecule has 3 aliphatic heterocycles. The molecule has 0 bridgehead atoms. The summed E-state index contributed by atoms with van der Waals surface area (Å²) < 4.78 is 17.1. The maximum atomic E-state index is 12.1. The predicted molar refractivity (Wildman–Crippen MR) is 164 cm³/mol. The number of thioether (sulfide) groups is 3. The van der Waals surface area contributed by atoms with Crippen molar-refractivity contribution < 1.29 is 18.7 Å². The lowest BCUT2D eigenvalue weighted by Gasteiger charge is -2.21. The van der Waals surface area contributed by atoms with Crippen LogP contribution in [0.3, 0.4) is 0 Å². The number of carbonyl (C=O) groups is 1. The fourth-order valence-corrected chi connectivity index (χ4v) is 8.21. The molecule has 0 saturated carbocycles. The highest BCUT2D eigenvalue weighted by Gasteiger charge is 2.49. The van der Waals surface area contributed by atoms with Gasteiger partial charge in [-0.2, -0.15) is 0 Å². The predicted octanol–water partition coefficient (Wildman–Crippen LogP) is 4.89. The zero-order valence-corrected chi connectivity index (χ0v) is 25.5. The van der Waals surface area contributed by atoms with E-state index in [9.17, 15) is 4.79 Å². The van der Waals surface area contributed by atoms with Crippen molar-refractivity contribution in [3.05, 3.63) is 47.7 Å². The molecule has 0 fully saturated rings. The van der Waals surface area contributed by atoms with Crippen molar-refractivity contribution in [2.75, 3.05) is 30.9 Å². The monoisotopic (exact) mass is 603 g/mol. The van der Waals surface area contributed by atoms with Crippen LogP contribution < -0.4 is 10.1 Å². The van der Waals surface area contributed by atoms with Gasteiger partial charge in [0.15, 0.2) is 5.69 Å². The lowest BCUT2D eigenvalue weighted by Crippen LogP contribution is -2.33. The molecule has 1 N–H and O–H groups in total. The number of nitrogens with one attached hydrogen (secondary N) is 1. The zero-order valence-electron chi connectivity index (χ0n) is 22.3. The van der Waals surface area contributed by atoms with Gasteiger partial charge in [0, 0.05) is 36.5 Å². The fourth-order valence-electron chi connectivity index (χ4n) is 4.20. The Labute approximate surface area is 245 Å². The molecule has 0 unspecified atom stereocenters. The third kappa shape index (κ3) is 5.77. The number of aliphatic imine (C=N–C) groups is 3. The number of aromatic nitrogens is 1. The van der Waals surface area contributed by atoms with E-state index in [2.05, 4.69) is 24.1 Å². The fraction of sp³-hybridized carbons (Fsp3) is 0.462. The van der Waals surface area contributed by atoms with Crippen LogP contribution >= 0.6 is 47.5 Å². The van der Waals surface area contributed by atoms with Crippen molar-refractivity contribution in [3.8, 4) is 5.75 Å². The Morgan fingerprint density at radius 1 is 1.00 bits per heavy atom. The number of aryl methyl sites for hydroxylation is 1. The molecule has 3 aliphatic rings. The number of hydrogen-bond donors (Lipinski definition) is 1. The van der Waals surface area contributed by atoms with Crippen LogP contribution in [0.4, 0.5) is 0 Å². The van der Waals surface area contributed by atoms with Crippen LogP contribution in [0.1, 0.15) is 42.9 Å². The molecule has 5 rings (SSSR count). The molecule has 1 amide bonds. The van der Waals surface area contributed by atoms with Crippen molar-refractivity contribution in [2.24, 2.45) is 15.0 Å². The molecule has 206 valence electrons. The molecule has 4 heterocycles. The second kappa shape index (κ2) is 10.9. The molecule has 0 aliphatic carbocycles. The number of rotatable bonds is 7. The minimum atomic E-state index is -0.668. The Bertz CT molecular complexity index is 1390. The number of hydrogen-bond acceptors (Lipinski definition) is 12. The molecule has 1 aromatic carbocycles. The van der Waals surface area contributed by atoms with Gasteiger partial charge >= 0.3 is 5.24 Å². The van der Waals surface area contributed by atoms with E-state index in [1.807, 2.05) is 37.3 Å². The third-order valence-corrected chi connectivity index (χ3v) is 10.9. The average molecular weight is 604 g/mol. The van der Waals surface area contributed by atoms with Crippen LogP contribution in [-0.2, 0) is 10.3 Å². The van der Waals surface area contributed by atoms with E-state index < -0.39 is 16.6 Å². The van der Waals surface area contributed by atoms with Crippen molar-refractivity contribution in [3.63, 3.8) is 0 Å². The summed E-state index contributed by atoms with van der Waals surface area (Å²) in [6.07, 6.45) is 0. The number of para-hydroxylation sites is 1. The van der Waals surface area contributed by atoms with Crippen LogP contribution in [0.15, 0.2) is 49.7 Å².